The van der Waals surface area contributed by atoms with Crippen molar-refractivity contribution in [3.8, 4) is 6.07 Å². The zero-order chi connectivity index (χ0) is 12.7. The summed E-state index contributed by atoms with van der Waals surface area (Å²) in [6.45, 7) is 2.45. The van der Waals surface area contributed by atoms with Crippen LogP contribution in [0.3, 0.4) is 0 Å². The maximum absolute atomic E-state index is 11.6. The minimum Gasteiger partial charge on any atom is -0.330 e. The van der Waals surface area contributed by atoms with Gasteiger partial charge in [-0.05, 0) is 37.9 Å². The van der Waals surface area contributed by atoms with E-state index in [1.807, 2.05) is 19.1 Å². The van der Waals surface area contributed by atoms with Gasteiger partial charge in [0.25, 0.3) is 0 Å². The fourth-order valence-electron chi connectivity index (χ4n) is 1.56. The Balaban J connectivity index is 2.66. The Morgan fingerprint density at radius 2 is 2.24 bits per heavy atom. The second-order valence-electron chi connectivity index (χ2n) is 3.90. The third kappa shape index (κ3) is 3.89. The molecule has 1 aromatic carbocycles. The Labute approximate surface area is 101 Å². The van der Waals surface area contributed by atoms with Crippen molar-refractivity contribution < 1.29 is 4.79 Å². The van der Waals surface area contributed by atoms with Crippen LogP contribution in [0.4, 0.5) is 5.69 Å². The van der Waals surface area contributed by atoms with Crippen LogP contribution in [0.5, 0.6) is 0 Å². The molecule has 0 aliphatic carbocycles. The van der Waals surface area contributed by atoms with Gasteiger partial charge in [0.15, 0.2) is 0 Å². The molecule has 0 spiro atoms. The molecule has 1 amide bonds. The van der Waals surface area contributed by atoms with Crippen LogP contribution in [-0.4, -0.2) is 12.5 Å². The fourth-order valence-corrected chi connectivity index (χ4v) is 1.56. The SMILES string of the molecule is Cc1cccc(NC(=O)CCCCN)c1C#N. The van der Waals surface area contributed by atoms with E-state index in [1.165, 1.54) is 0 Å². The third-order valence-corrected chi connectivity index (χ3v) is 2.52. The number of benzene rings is 1. The summed E-state index contributed by atoms with van der Waals surface area (Å²) in [6.07, 6.45) is 2.05. The molecule has 0 aromatic heterocycles. The van der Waals surface area contributed by atoms with Crippen molar-refractivity contribution in [2.24, 2.45) is 5.73 Å². The Morgan fingerprint density at radius 3 is 2.88 bits per heavy atom. The number of nitrogens with two attached hydrogens (primary N) is 1. The molecule has 0 bridgehead atoms. The quantitative estimate of drug-likeness (QED) is 0.760. The molecule has 4 nitrogen and oxygen atoms in total. The molecule has 0 unspecified atom stereocenters. The summed E-state index contributed by atoms with van der Waals surface area (Å²) >= 11 is 0. The van der Waals surface area contributed by atoms with Gasteiger partial charge in [-0.3, -0.25) is 4.79 Å². The summed E-state index contributed by atoms with van der Waals surface area (Å²) in [5.41, 5.74) is 7.34. The Bertz CT molecular complexity index is 435. The van der Waals surface area contributed by atoms with E-state index in [0.29, 0.717) is 24.2 Å². The molecule has 1 aromatic rings. The normalized spacial score (nSPS) is 9.71. The Kier molecular flexibility index (Phi) is 5.18. The van der Waals surface area contributed by atoms with Crippen LogP contribution in [0.25, 0.3) is 0 Å². The number of hydrogen-bond donors (Lipinski definition) is 2. The zero-order valence-corrected chi connectivity index (χ0v) is 9.99. The molecule has 0 atom stereocenters. The lowest BCUT2D eigenvalue weighted by molar-refractivity contribution is -0.116. The number of anilines is 1. The van der Waals surface area contributed by atoms with Crippen molar-refractivity contribution in [3.63, 3.8) is 0 Å². The number of carbonyl (C=O) groups excluding carboxylic acids is 1. The monoisotopic (exact) mass is 231 g/mol. The van der Waals surface area contributed by atoms with E-state index in [1.54, 1.807) is 6.07 Å². The molecule has 0 fully saturated rings. The van der Waals surface area contributed by atoms with E-state index >= 15 is 0 Å². The summed E-state index contributed by atoms with van der Waals surface area (Å²) < 4.78 is 0. The average molecular weight is 231 g/mol. The van der Waals surface area contributed by atoms with Crippen LogP contribution in [0.15, 0.2) is 18.2 Å². The lowest BCUT2D eigenvalue weighted by atomic mass is 10.1. The molecule has 1 rings (SSSR count). The van der Waals surface area contributed by atoms with Gasteiger partial charge in [-0.25, -0.2) is 0 Å². The van der Waals surface area contributed by atoms with Gasteiger partial charge < -0.3 is 11.1 Å². The molecule has 0 aliphatic rings. The first-order valence-corrected chi connectivity index (χ1v) is 5.68. The largest absolute Gasteiger partial charge is 0.330 e. The highest BCUT2D eigenvalue weighted by molar-refractivity contribution is 5.92. The zero-order valence-electron chi connectivity index (χ0n) is 9.99. The smallest absolute Gasteiger partial charge is 0.224 e. The third-order valence-electron chi connectivity index (χ3n) is 2.52. The van der Waals surface area contributed by atoms with Gasteiger partial charge in [0.2, 0.25) is 5.91 Å². The van der Waals surface area contributed by atoms with Crippen LogP contribution >= 0.6 is 0 Å². The second kappa shape index (κ2) is 6.66. The molecule has 3 N–H and O–H groups in total. The number of amides is 1. The molecule has 4 heteroatoms. The molecular formula is C13H17N3O. The van der Waals surface area contributed by atoms with E-state index in [4.69, 9.17) is 11.0 Å². The standard InChI is InChI=1S/C13H17N3O/c1-10-5-4-6-12(11(10)9-15)16-13(17)7-2-3-8-14/h4-6H,2-3,7-8,14H2,1H3,(H,16,17). The van der Waals surface area contributed by atoms with Crippen LogP contribution in [0, 0.1) is 18.3 Å². The summed E-state index contributed by atoms with van der Waals surface area (Å²) in [4.78, 5) is 11.6. The highest BCUT2D eigenvalue weighted by atomic mass is 16.1. The number of unbranched alkanes of at least 4 members (excludes halogenated alkanes) is 1. The maximum Gasteiger partial charge on any atom is 0.224 e. The summed E-state index contributed by atoms with van der Waals surface area (Å²) in [6, 6.07) is 7.52. The van der Waals surface area contributed by atoms with Gasteiger partial charge in [-0.15, -0.1) is 0 Å². The summed E-state index contributed by atoms with van der Waals surface area (Å²) in [5.74, 6) is -0.0689. The van der Waals surface area contributed by atoms with Crippen molar-refractivity contribution in [1.82, 2.24) is 0 Å². The van der Waals surface area contributed by atoms with Gasteiger partial charge in [0.05, 0.1) is 11.3 Å². The van der Waals surface area contributed by atoms with Crippen molar-refractivity contribution >= 4 is 11.6 Å². The number of nitrogens with one attached hydrogen (secondary N) is 1. The summed E-state index contributed by atoms with van der Waals surface area (Å²) in [5, 5.41) is 11.8. The van der Waals surface area contributed by atoms with Crippen LogP contribution in [0.1, 0.15) is 30.4 Å². The van der Waals surface area contributed by atoms with Crippen LogP contribution in [-0.2, 0) is 4.79 Å². The molecule has 0 saturated carbocycles. The van der Waals surface area contributed by atoms with E-state index in [0.717, 1.165) is 18.4 Å². The lowest BCUT2D eigenvalue weighted by Gasteiger charge is -2.08. The Morgan fingerprint density at radius 1 is 1.47 bits per heavy atom. The average Bonchev–Trinajstić information content (AvgIpc) is 2.29. The van der Waals surface area contributed by atoms with Gasteiger partial charge in [0.1, 0.15) is 6.07 Å². The van der Waals surface area contributed by atoms with Crippen molar-refractivity contribution in [3.05, 3.63) is 29.3 Å². The number of rotatable bonds is 5. The molecule has 0 saturated heterocycles. The predicted octanol–water partition coefficient (Wildman–Crippen LogP) is 1.93. The second-order valence-corrected chi connectivity index (χ2v) is 3.90. The van der Waals surface area contributed by atoms with Gasteiger partial charge >= 0.3 is 0 Å². The maximum atomic E-state index is 11.6. The van der Waals surface area contributed by atoms with E-state index in [9.17, 15) is 4.79 Å². The molecule has 17 heavy (non-hydrogen) atoms. The van der Waals surface area contributed by atoms with Crippen molar-refractivity contribution in [1.29, 1.82) is 5.26 Å². The topological polar surface area (TPSA) is 78.9 Å². The highest BCUT2D eigenvalue weighted by Crippen LogP contribution is 2.18. The highest BCUT2D eigenvalue weighted by Gasteiger charge is 2.07. The van der Waals surface area contributed by atoms with E-state index in [2.05, 4.69) is 11.4 Å². The molecule has 0 radical (unpaired) electrons. The minimum absolute atomic E-state index is 0.0689. The first kappa shape index (κ1) is 13.2. The number of nitrogens with zero attached hydrogens (tertiary/aromatic N) is 1. The van der Waals surface area contributed by atoms with E-state index in [-0.39, 0.29) is 5.91 Å². The molecule has 0 aliphatic heterocycles. The number of nitriles is 1. The molecular weight excluding hydrogens is 214 g/mol. The number of aryl methyl sites for hydroxylation is 1. The Hall–Kier alpha value is -1.86. The first-order chi connectivity index (χ1) is 8.19. The van der Waals surface area contributed by atoms with Gasteiger partial charge in [-0.1, -0.05) is 12.1 Å². The lowest BCUT2D eigenvalue weighted by Crippen LogP contribution is -2.13. The first-order valence-electron chi connectivity index (χ1n) is 5.68. The fraction of sp³-hybridized carbons (Fsp3) is 0.385. The minimum atomic E-state index is -0.0689. The van der Waals surface area contributed by atoms with E-state index < -0.39 is 0 Å². The van der Waals surface area contributed by atoms with Gasteiger partial charge in [-0.2, -0.15) is 5.26 Å². The van der Waals surface area contributed by atoms with Crippen LogP contribution < -0.4 is 11.1 Å². The number of carbonyl (C=O) groups is 1. The van der Waals surface area contributed by atoms with Crippen molar-refractivity contribution in [2.45, 2.75) is 26.2 Å². The molecule has 90 valence electrons. The number of hydrogen-bond acceptors (Lipinski definition) is 3. The summed E-state index contributed by atoms with van der Waals surface area (Å²) in [7, 11) is 0. The van der Waals surface area contributed by atoms with Crippen LogP contribution in [0.2, 0.25) is 0 Å². The molecule has 0 heterocycles. The van der Waals surface area contributed by atoms with Crippen molar-refractivity contribution in [2.75, 3.05) is 11.9 Å². The predicted molar refractivity (Wildman–Crippen MR) is 67.4 cm³/mol. The van der Waals surface area contributed by atoms with Gasteiger partial charge in [0, 0.05) is 6.42 Å².